The maximum Gasteiger partial charge on any atom is 0.117 e. The Kier molecular flexibility index (Phi) is 2.22. The molecule has 0 heterocycles. The summed E-state index contributed by atoms with van der Waals surface area (Å²) in [5, 5.41) is 0. The summed E-state index contributed by atoms with van der Waals surface area (Å²) >= 11 is 0. The first-order valence-electron chi connectivity index (χ1n) is 2.50. The Bertz CT molecular complexity index is 63.0. The predicted molar refractivity (Wildman–Crippen MR) is 34.2 cm³/mol. The Hall–Kier alpha value is -0.113. The lowest BCUT2D eigenvalue weighted by Gasteiger charge is -2.08. The predicted octanol–water partition coefficient (Wildman–Crippen LogP) is 1.52. The summed E-state index contributed by atoms with van der Waals surface area (Å²) in [7, 11) is -1.03. The zero-order chi connectivity index (χ0) is 5.91. The smallest absolute Gasteiger partial charge is 0.117 e. The van der Waals surface area contributed by atoms with Gasteiger partial charge in [-0.3, -0.25) is 0 Å². The summed E-state index contributed by atoms with van der Waals surface area (Å²) in [5.74, 6) is 0. The van der Waals surface area contributed by atoms with Gasteiger partial charge in [0.05, 0.1) is 8.07 Å². The van der Waals surface area contributed by atoms with E-state index >= 15 is 0 Å². The highest BCUT2D eigenvalue weighted by molar-refractivity contribution is 6.78. The van der Waals surface area contributed by atoms with Crippen molar-refractivity contribution in [2.45, 2.75) is 25.7 Å². The van der Waals surface area contributed by atoms with Crippen molar-refractivity contribution >= 4 is 14.4 Å². The van der Waals surface area contributed by atoms with Crippen LogP contribution >= 0.6 is 0 Å². The molecule has 0 atom stereocenters. The van der Waals surface area contributed by atoms with E-state index in [1.807, 2.05) is 0 Å². The van der Waals surface area contributed by atoms with Gasteiger partial charge in [0, 0.05) is 0 Å². The molecular weight excluding hydrogens is 104 g/mol. The topological polar surface area (TPSA) is 17.1 Å². The molecule has 0 aromatic rings. The molecule has 0 fully saturated rings. The van der Waals surface area contributed by atoms with Crippen molar-refractivity contribution in [2.24, 2.45) is 0 Å². The average Bonchev–Trinajstić information content (AvgIpc) is 1.30. The fraction of sp³-hybridized carbons (Fsp3) is 0.800. The second-order valence-electron chi connectivity index (χ2n) is 2.93. The van der Waals surface area contributed by atoms with Crippen molar-refractivity contribution in [3.63, 3.8) is 0 Å². The third kappa shape index (κ3) is 5.89. The molecule has 0 N–H and O–H groups in total. The molecular formula is C5H12OSi. The largest absolute Gasteiger partial charge is 0.304 e. The van der Waals surface area contributed by atoms with Crippen LogP contribution in [-0.2, 0) is 4.79 Å². The van der Waals surface area contributed by atoms with Gasteiger partial charge in [-0.05, 0) is 6.04 Å². The van der Waals surface area contributed by atoms with E-state index in [1.165, 1.54) is 0 Å². The molecule has 0 amide bonds. The van der Waals surface area contributed by atoms with Gasteiger partial charge in [0.1, 0.15) is 6.29 Å². The van der Waals surface area contributed by atoms with Crippen molar-refractivity contribution < 1.29 is 4.79 Å². The van der Waals surface area contributed by atoms with Gasteiger partial charge in [0.2, 0.25) is 0 Å². The molecule has 0 spiro atoms. The monoisotopic (exact) mass is 116 g/mol. The van der Waals surface area contributed by atoms with Crippen molar-refractivity contribution in [1.29, 1.82) is 0 Å². The van der Waals surface area contributed by atoms with Crippen molar-refractivity contribution in [1.82, 2.24) is 0 Å². The van der Waals surface area contributed by atoms with Crippen LogP contribution in [0.1, 0.15) is 0 Å². The maximum atomic E-state index is 9.86. The first-order valence-corrected chi connectivity index (χ1v) is 6.20. The van der Waals surface area contributed by atoms with Gasteiger partial charge >= 0.3 is 0 Å². The van der Waals surface area contributed by atoms with Crippen molar-refractivity contribution in [3.8, 4) is 0 Å². The number of hydrogen-bond donors (Lipinski definition) is 0. The second-order valence-corrected chi connectivity index (χ2v) is 8.46. The molecule has 7 heavy (non-hydrogen) atoms. The third-order valence-corrected chi connectivity index (χ3v) is 2.09. The van der Waals surface area contributed by atoms with Gasteiger partial charge in [-0.25, -0.2) is 0 Å². The minimum absolute atomic E-state index is 0.799. The van der Waals surface area contributed by atoms with Gasteiger partial charge in [0.25, 0.3) is 0 Å². The van der Waals surface area contributed by atoms with E-state index in [9.17, 15) is 4.79 Å². The number of carbonyl (C=O) groups is 1. The van der Waals surface area contributed by atoms with Gasteiger partial charge < -0.3 is 4.79 Å². The van der Waals surface area contributed by atoms with Crippen molar-refractivity contribution in [2.75, 3.05) is 0 Å². The first kappa shape index (κ1) is 6.89. The van der Waals surface area contributed by atoms with Crippen LogP contribution in [0.15, 0.2) is 0 Å². The van der Waals surface area contributed by atoms with Gasteiger partial charge in [-0.1, -0.05) is 19.6 Å². The van der Waals surface area contributed by atoms with Crippen LogP contribution in [0.3, 0.4) is 0 Å². The lowest BCUT2D eigenvalue weighted by Crippen LogP contribution is -2.18. The third-order valence-electron chi connectivity index (χ3n) is 0.696. The van der Waals surface area contributed by atoms with E-state index in [-0.39, 0.29) is 0 Å². The molecule has 0 aromatic carbocycles. The van der Waals surface area contributed by atoms with Crippen LogP contribution in [0, 0.1) is 0 Å². The normalized spacial score (nSPS) is 11.3. The number of rotatable bonds is 2. The van der Waals surface area contributed by atoms with Gasteiger partial charge in [-0.2, -0.15) is 0 Å². The Morgan fingerprint density at radius 2 is 1.86 bits per heavy atom. The molecule has 0 aliphatic heterocycles. The number of aldehydes is 1. The SMILES string of the molecule is C[Si](C)(C)CC=O. The van der Waals surface area contributed by atoms with Gasteiger partial charge in [-0.15, -0.1) is 0 Å². The summed E-state index contributed by atoms with van der Waals surface area (Å²) in [5.41, 5.74) is 0. The van der Waals surface area contributed by atoms with E-state index in [0.717, 1.165) is 12.3 Å². The molecule has 0 aromatic heterocycles. The van der Waals surface area contributed by atoms with Crippen LogP contribution in [-0.4, -0.2) is 14.4 Å². The highest BCUT2D eigenvalue weighted by Crippen LogP contribution is 2.03. The zero-order valence-corrected chi connectivity index (χ0v) is 6.19. The van der Waals surface area contributed by atoms with E-state index < -0.39 is 8.07 Å². The molecule has 0 unspecified atom stereocenters. The molecule has 0 aliphatic rings. The summed E-state index contributed by atoms with van der Waals surface area (Å²) in [6.45, 7) is 6.55. The van der Waals surface area contributed by atoms with E-state index in [2.05, 4.69) is 19.6 Å². The molecule has 0 bridgehead atoms. The van der Waals surface area contributed by atoms with Crippen LogP contribution < -0.4 is 0 Å². The van der Waals surface area contributed by atoms with Crippen LogP contribution in [0.4, 0.5) is 0 Å². The molecule has 0 radical (unpaired) electrons. The highest BCUT2D eigenvalue weighted by Gasteiger charge is 2.10. The Morgan fingerprint density at radius 3 is 1.86 bits per heavy atom. The summed E-state index contributed by atoms with van der Waals surface area (Å²) in [6.07, 6.45) is 1.02. The zero-order valence-electron chi connectivity index (χ0n) is 5.19. The Balaban J connectivity index is 3.34. The molecule has 0 saturated heterocycles. The fourth-order valence-electron chi connectivity index (χ4n) is 0.250. The quantitative estimate of drug-likeness (QED) is 0.395. The van der Waals surface area contributed by atoms with Crippen LogP contribution in [0.5, 0.6) is 0 Å². The number of hydrogen-bond acceptors (Lipinski definition) is 1. The maximum absolute atomic E-state index is 9.86. The van der Waals surface area contributed by atoms with Crippen LogP contribution in [0.2, 0.25) is 25.7 Å². The summed E-state index contributed by atoms with van der Waals surface area (Å²) < 4.78 is 0. The van der Waals surface area contributed by atoms with Crippen LogP contribution in [0.25, 0.3) is 0 Å². The van der Waals surface area contributed by atoms with E-state index in [1.54, 1.807) is 0 Å². The molecule has 1 nitrogen and oxygen atoms in total. The molecule has 0 saturated carbocycles. The highest BCUT2D eigenvalue weighted by atomic mass is 28.3. The lowest BCUT2D eigenvalue weighted by molar-refractivity contribution is -0.106. The van der Waals surface area contributed by atoms with E-state index in [0.29, 0.717) is 0 Å². The first-order chi connectivity index (χ1) is 3.06. The average molecular weight is 116 g/mol. The molecule has 2 heteroatoms. The summed E-state index contributed by atoms with van der Waals surface area (Å²) in [4.78, 5) is 9.86. The molecule has 0 rings (SSSR count). The Morgan fingerprint density at radius 1 is 1.43 bits per heavy atom. The minimum atomic E-state index is -1.03. The van der Waals surface area contributed by atoms with Crippen molar-refractivity contribution in [3.05, 3.63) is 0 Å². The molecule has 0 aliphatic carbocycles. The standard InChI is InChI=1S/C5H12OSi/c1-7(2,3)5-4-6/h4H,5H2,1-3H3. The second kappa shape index (κ2) is 2.26. The molecule has 42 valence electrons. The number of carbonyl (C=O) groups excluding carboxylic acids is 1. The summed E-state index contributed by atoms with van der Waals surface area (Å²) in [6, 6.07) is 0.799. The Labute approximate surface area is 45.7 Å². The fourth-order valence-corrected chi connectivity index (χ4v) is 0.750. The van der Waals surface area contributed by atoms with Gasteiger partial charge in [0.15, 0.2) is 0 Å². The minimum Gasteiger partial charge on any atom is -0.304 e. The lowest BCUT2D eigenvalue weighted by atomic mass is 10.9. The van der Waals surface area contributed by atoms with E-state index in [4.69, 9.17) is 0 Å².